The summed E-state index contributed by atoms with van der Waals surface area (Å²) in [5, 5.41) is 0. The first kappa shape index (κ1) is 17.9. The van der Waals surface area contributed by atoms with Gasteiger partial charge in [-0.05, 0) is 0 Å². The van der Waals surface area contributed by atoms with Gasteiger partial charge in [0.25, 0.3) is 0 Å². The van der Waals surface area contributed by atoms with Crippen LogP contribution in [0.25, 0.3) is 0 Å². The van der Waals surface area contributed by atoms with Crippen molar-refractivity contribution in [3.63, 3.8) is 0 Å². The first-order valence-electron chi connectivity index (χ1n) is 6.00. The molecular formula is C13H11F3INO4S. The van der Waals surface area contributed by atoms with E-state index in [-0.39, 0.29) is 0 Å². The predicted molar refractivity (Wildman–Crippen MR) is 84.7 cm³/mol. The standard InChI is InChI=1S/C13H11F3INO4S/c1-21-12-6-4-10(5-7-12)17(11-3-2-8-18-9-11)22-23(19,20)13(14,15)16/h2-9H,1H3. The molecule has 1 aromatic heterocycles. The van der Waals surface area contributed by atoms with Crippen LogP contribution in [-0.4, -0.2) is 26.0 Å². The number of rotatable bonds is 5. The van der Waals surface area contributed by atoms with E-state index in [1.165, 1.54) is 55.9 Å². The monoisotopic (exact) mass is 461 g/mol. The minimum atomic E-state index is -5.70. The molecule has 10 heteroatoms. The Morgan fingerprint density at radius 2 is 1.74 bits per heavy atom. The van der Waals surface area contributed by atoms with E-state index < -0.39 is 35.9 Å². The Hall–Kier alpha value is -1.40. The fourth-order valence-corrected chi connectivity index (χ4v) is 7.79. The number of hydrogen-bond acceptors (Lipinski definition) is 5. The maximum atomic E-state index is 12.6. The fourth-order valence-electron chi connectivity index (χ4n) is 1.45. The number of hydrogen-bond donors (Lipinski definition) is 0. The summed E-state index contributed by atoms with van der Waals surface area (Å²) in [4.78, 5) is 3.82. The molecule has 0 fully saturated rings. The van der Waals surface area contributed by atoms with Gasteiger partial charge in [-0.25, -0.2) is 0 Å². The third kappa shape index (κ3) is 4.32. The molecule has 0 bridgehead atoms. The normalized spacial score (nSPS) is 12.8. The second-order valence-electron chi connectivity index (χ2n) is 4.04. The summed E-state index contributed by atoms with van der Waals surface area (Å²) < 4.78 is 70.9. The minimum absolute atomic E-state index is 0.328. The first-order chi connectivity index (χ1) is 10.7. The SMILES string of the molecule is COc1ccc(I(OS(=O)(=O)C(F)(F)F)c2cccnc2)cc1. The van der Waals surface area contributed by atoms with E-state index in [1.807, 2.05) is 0 Å². The molecule has 2 rings (SSSR count). The van der Waals surface area contributed by atoms with E-state index in [2.05, 4.69) is 7.50 Å². The number of nitrogens with zero attached hydrogens (tertiary/aromatic N) is 1. The number of alkyl halides is 3. The molecule has 1 heterocycles. The number of benzene rings is 1. The molecule has 0 aliphatic rings. The average Bonchev–Trinajstić information content (AvgIpc) is 2.52. The summed E-state index contributed by atoms with van der Waals surface area (Å²) in [6, 6.07) is 9.03. The van der Waals surface area contributed by atoms with Gasteiger partial charge >= 0.3 is 138 Å². The van der Waals surface area contributed by atoms with Gasteiger partial charge in [0.1, 0.15) is 0 Å². The molecular weight excluding hydrogens is 450 g/mol. The number of ether oxygens (including phenoxy) is 1. The molecule has 0 aliphatic carbocycles. The van der Waals surface area contributed by atoms with Crippen LogP contribution in [0.1, 0.15) is 0 Å². The molecule has 0 spiro atoms. The fraction of sp³-hybridized carbons (Fsp3) is 0.154. The molecule has 126 valence electrons. The molecule has 23 heavy (non-hydrogen) atoms. The van der Waals surface area contributed by atoms with Crippen LogP contribution in [0.2, 0.25) is 0 Å². The number of methoxy groups -OCH3 is 1. The van der Waals surface area contributed by atoms with E-state index in [0.29, 0.717) is 12.9 Å². The molecule has 0 saturated carbocycles. The van der Waals surface area contributed by atoms with Crippen LogP contribution in [0.3, 0.4) is 0 Å². The number of pyridine rings is 1. The van der Waals surface area contributed by atoms with Crippen LogP contribution in [0.5, 0.6) is 5.75 Å². The second-order valence-corrected chi connectivity index (χ2v) is 10.5. The van der Waals surface area contributed by atoms with Crippen molar-refractivity contribution in [2.75, 3.05) is 7.11 Å². The van der Waals surface area contributed by atoms with Crippen molar-refractivity contribution in [2.45, 2.75) is 5.51 Å². The third-order valence-corrected chi connectivity index (χ3v) is 9.48. The summed E-state index contributed by atoms with van der Waals surface area (Å²) in [6.45, 7) is 0. The van der Waals surface area contributed by atoms with E-state index in [1.54, 1.807) is 0 Å². The molecule has 0 unspecified atom stereocenters. The van der Waals surface area contributed by atoms with Gasteiger partial charge < -0.3 is 0 Å². The average molecular weight is 461 g/mol. The third-order valence-electron chi connectivity index (χ3n) is 2.50. The van der Waals surface area contributed by atoms with Gasteiger partial charge in [-0.2, -0.15) is 0 Å². The zero-order chi connectivity index (χ0) is 17.1. The quantitative estimate of drug-likeness (QED) is 0.505. The molecule has 1 aromatic carbocycles. The zero-order valence-electron chi connectivity index (χ0n) is 11.6. The van der Waals surface area contributed by atoms with Crippen molar-refractivity contribution >= 4 is 30.4 Å². The topological polar surface area (TPSA) is 65.5 Å². The van der Waals surface area contributed by atoms with Crippen LogP contribution < -0.4 is 4.74 Å². The molecule has 2 aromatic rings. The van der Waals surface area contributed by atoms with Gasteiger partial charge in [0, 0.05) is 0 Å². The van der Waals surface area contributed by atoms with Gasteiger partial charge in [-0.1, -0.05) is 0 Å². The van der Waals surface area contributed by atoms with E-state index in [9.17, 15) is 21.6 Å². The van der Waals surface area contributed by atoms with Crippen molar-refractivity contribution in [1.82, 2.24) is 4.98 Å². The van der Waals surface area contributed by atoms with Crippen LogP contribution in [0.4, 0.5) is 13.2 Å². The van der Waals surface area contributed by atoms with Crippen LogP contribution in [0.15, 0.2) is 48.8 Å². The van der Waals surface area contributed by atoms with Gasteiger partial charge in [-0.15, -0.1) is 0 Å². The molecule has 0 amide bonds. The van der Waals surface area contributed by atoms with Crippen molar-refractivity contribution in [3.8, 4) is 5.75 Å². The summed E-state index contributed by atoms with van der Waals surface area (Å²) in [6.07, 6.45) is 2.74. The molecule has 5 nitrogen and oxygen atoms in total. The van der Waals surface area contributed by atoms with Gasteiger partial charge in [0.15, 0.2) is 0 Å². The van der Waals surface area contributed by atoms with Crippen LogP contribution in [-0.2, 0) is 12.6 Å². The predicted octanol–water partition coefficient (Wildman–Crippen LogP) is 3.42. The van der Waals surface area contributed by atoms with Crippen LogP contribution in [0, 0.1) is 7.14 Å². The Labute approximate surface area is 138 Å². The molecule has 0 radical (unpaired) electrons. The molecule has 0 N–H and O–H groups in total. The van der Waals surface area contributed by atoms with Gasteiger partial charge in [-0.3, -0.25) is 0 Å². The first-order valence-corrected chi connectivity index (χ1v) is 10.4. The molecule has 0 aliphatic heterocycles. The Kier molecular flexibility index (Phi) is 5.47. The van der Waals surface area contributed by atoms with Crippen molar-refractivity contribution in [2.24, 2.45) is 0 Å². The second kappa shape index (κ2) is 7.01. The summed E-state index contributed by atoms with van der Waals surface area (Å²) in [5.41, 5.74) is -5.47. The Balaban J connectivity index is 2.44. The maximum absolute atomic E-state index is 12.6. The van der Waals surface area contributed by atoms with Gasteiger partial charge in [0.2, 0.25) is 0 Å². The summed E-state index contributed by atoms with van der Waals surface area (Å²) in [7, 11) is -4.26. The Morgan fingerprint density at radius 1 is 1.09 bits per heavy atom. The van der Waals surface area contributed by atoms with Crippen LogP contribution >= 0.6 is 20.2 Å². The van der Waals surface area contributed by atoms with Gasteiger partial charge in [0.05, 0.1) is 0 Å². The summed E-state index contributed by atoms with van der Waals surface area (Å²) >= 11 is -3.35. The van der Waals surface area contributed by atoms with E-state index in [0.717, 1.165) is 0 Å². The Bertz CT molecular complexity index is 751. The number of halogens is 4. The molecule has 0 atom stereocenters. The summed E-state index contributed by atoms with van der Waals surface area (Å²) in [5.74, 6) is 0.495. The zero-order valence-corrected chi connectivity index (χ0v) is 14.6. The van der Waals surface area contributed by atoms with Crippen molar-refractivity contribution in [1.29, 1.82) is 0 Å². The van der Waals surface area contributed by atoms with Crippen molar-refractivity contribution < 1.29 is 28.8 Å². The van der Waals surface area contributed by atoms with E-state index in [4.69, 9.17) is 4.74 Å². The van der Waals surface area contributed by atoms with E-state index >= 15 is 0 Å². The van der Waals surface area contributed by atoms with Crippen molar-refractivity contribution in [3.05, 3.63) is 55.9 Å². The Morgan fingerprint density at radius 3 is 2.22 bits per heavy atom. The number of aromatic nitrogens is 1. The molecule has 0 saturated heterocycles.